The van der Waals surface area contributed by atoms with Gasteiger partial charge in [0.15, 0.2) is 0 Å². The second kappa shape index (κ2) is 16.9. The Morgan fingerprint density at radius 2 is 1.36 bits per heavy atom. The molecule has 1 saturated heterocycles. The fourth-order valence-corrected chi connectivity index (χ4v) is 6.09. The molecule has 8 heteroatoms. The molecule has 2 aliphatic carbocycles. The fraction of sp³-hybridized carbons (Fsp3) is 0.618. The zero-order chi connectivity index (χ0) is 30.5. The predicted molar refractivity (Wildman–Crippen MR) is 161 cm³/mol. The van der Waals surface area contributed by atoms with Crippen molar-refractivity contribution in [2.24, 2.45) is 29.6 Å². The first-order chi connectivity index (χ1) is 20.3. The van der Waals surface area contributed by atoms with Crippen LogP contribution in [0.3, 0.4) is 0 Å². The number of carbonyl (C=O) groups excluding carboxylic acids is 3. The number of nitrogens with one attached hydrogen (secondary N) is 1. The Labute approximate surface area is 251 Å². The normalized spacial score (nSPS) is 30.8. The zero-order valence-electron chi connectivity index (χ0n) is 25.1. The first-order valence-corrected chi connectivity index (χ1v) is 15.1. The van der Waals surface area contributed by atoms with Gasteiger partial charge in [-0.25, -0.2) is 14.4 Å². The Kier molecular flexibility index (Phi) is 13.4. The van der Waals surface area contributed by atoms with Gasteiger partial charge in [-0.2, -0.15) is 0 Å². The molecule has 0 amide bonds. The zero-order valence-corrected chi connectivity index (χ0v) is 25.1. The number of carbonyl (C=O) groups is 3. The third-order valence-corrected chi connectivity index (χ3v) is 8.78. The van der Waals surface area contributed by atoms with Gasteiger partial charge >= 0.3 is 17.9 Å². The van der Waals surface area contributed by atoms with Crippen LogP contribution in [0.4, 0.5) is 0 Å². The van der Waals surface area contributed by atoms with Gasteiger partial charge in [-0.15, -0.1) is 0 Å². The Hall–Kier alpha value is -3.33. The summed E-state index contributed by atoms with van der Waals surface area (Å²) in [6.45, 7) is 13.3. The average Bonchev–Trinajstić information content (AvgIpc) is 3.32. The number of hydrogen-bond donors (Lipinski definition) is 1. The molecule has 2 saturated carbocycles. The van der Waals surface area contributed by atoms with Crippen molar-refractivity contribution in [3.8, 4) is 23.7 Å². The maximum Gasteiger partial charge on any atom is 0.330 e. The molecule has 0 spiro atoms. The standard InChI is InChI=1S/C34H46N2O6/c1-6-27-20-25(13-10-24-11-14-26(15-12-24)21-40-32(37)7-2)16-17-28(27)18-19-31-35-29(22-41-33(38)8-3)30(36(31)5)23-42-34(39)9-4/h7-9,24-31,35H,2-4,6,11-12,14-17,20-23H2,1,5H3. The molecule has 42 heavy (non-hydrogen) atoms. The van der Waals surface area contributed by atoms with E-state index < -0.39 is 11.9 Å². The molecule has 1 aliphatic heterocycles. The third kappa shape index (κ3) is 9.89. The smallest absolute Gasteiger partial charge is 0.330 e. The van der Waals surface area contributed by atoms with Crippen molar-refractivity contribution in [1.29, 1.82) is 0 Å². The maximum atomic E-state index is 11.7. The van der Waals surface area contributed by atoms with Crippen molar-refractivity contribution in [3.63, 3.8) is 0 Å². The van der Waals surface area contributed by atoms with E-state index in [2.05, 4.69) is 55.7 Å². The summed E-state index contributed by atoms with van der Waals surface area (Å²) < 4.78 is 15.8. The van der Waals surface area contributed by atoms with Crippen LogP contribution in [0.1, 0.15) is 58.3 Å². The third-order valence-electron chi connectivity index (χ3n) is 8.78. The highest BCUT2D eigenvalue weighted by Gasteiger charge is 2.39. The van der Waals surface area contributed by atoms with E-state index in [1.165, 1.54) is 6.08 Å². The maximum absolute atomic E-state index is 11.7. The Bertz CT molecular complexity index is 1100. The number of ether oxygens (including phenoxy) is 3. The second-order valence-corrected chi connectivity index (χ2v) is 11.5. The molecule has 0 aromatic carbocycles. The summed E-state index contributed by atoms with van der Waals surface area (Å²) in [4.78, 5) is 36.7. The molecule has 228 valence electrons. The van der Waals surface area contributed by atoms with E-state index in [0.29, 0.717) is 36.2 Å². The Morgan fingerprint density at radius 1 is 0.786 bits per heavy atom. The van der Waals surface area contributed by atoms with E-state index in [0.717, 1.165) is 63.5 Å². The monoisotopic (exact) mass is 578 g/mol. The molecule has 3 fully saturated rings. The van der Waals surface area contributed by atoms with Crippen LogP contribution in [-0.4, -0.2) is 67.9 Å². The number of nitrogens with zero attached hydrogens (tertiary/aromatic N) is 1. The lowest BCUT2D eigenvalue weighted by Gasteiger charge is -2.31. The van der Waals surface area contributed by atoms with Gasteiger partial charge in [0.1, 0.15) is 19.4 Å². The second-order valence-electron chi connectivity index (χ2n) is 11.5. The summed E-state index contributed by atoms with van der Waals surface area (Å²) in [5, 5.41) is 3.44. The molecule has 0 radical (unpaired) electrons. The van der Waals surface area contributed by atoms with Crippen LogP contribution >= 0.6 is 0 Å². The molecule has 0 aromatic rings. The van der Waals surface area contributed by atoms with E-state index in [1.807, 2.05) is 11.9 Å². The minimum absolute atomic E-state index is 0.120. The van der Waals surface area contributed by atoms with E-state index in [4.69, 9.17) is 14.2 Å². The molecule has 1 N–H and O–H groups in total. The van der Waals surface area contributed by atoms with Gasteiger partial charge in [0.05, 0.1) is 18.7 Å². The van der Waals surface area contributed by atoms with Crippen LogP contribution in [0.5, 0.6) is 0 Å². The lowest BCUT2D eigenvalue weighted by atomic mass is 9.73. The highest BCUT2D eigenvalue weighted by Crippen LogP contribution is 2.36. The molecule has 8 nitrogen and oxygen atoms in total. The molecular weight excluding hydrogens is 532 g/mol. The first kappa shape index (κ1) is 33.2. The van der Waals surface area contributed by atoms with Gasteiger partial charge in [0.25, 0.3) is 0 Å². The van der Waals surface area contributed by atoms with Crippen molar-refractivity contribution in [2.45, 2.75) is 76.5 Å². The van der Waals surface area contributed by atoms with Gasteiger partial charge in [0.2, 0.25) is 0 Å². The SMILES string of the molecule is C=CC(=O)OCC1CCC(C#CC2CCC(C#CC3NC(COC(=O)C=C)C(COC(=O)C=C)N3C)C(CC)C2)CC1. The molecule has 1 heterocycles. The summed E-state index contributed by atoms with van der Waals surface area (Å²) in [5.41, 5.74) is 0. The average molecular weight is 579 g/mol. The molecule has 0 aromatic heterocycles. The lowest BCUT2D eigenvalue weighted by Crippen LogP contribution is -2.42. The summed E-state index contributed by atoms with van der Waals surface area (Å²) in [5.74, 6) is 14.9. The van der Waals surface area contributed by atoms with Crippen molar-refractivity contribution in [2.75, 3.05) is 26.9 Å². The van der Waals surface area contributed by atoms with Crippen molar-refractivity contribution >= 4 is 17.9 Å². The quantitative estimate of drug-likeness (QED) is 0.180. The molecular formula is C34H46N2O6. The van der Waals surface area contributed by atoms with E-state index >= 15 is 0 Å². The minimum Gasteiger partial charge on any atom is -0.462 e. The molecule has 6 unspecified atom stereocenters. The van der Waals surface area contributed by atoms with E-state index in [9.17, 15) is 14.4 Å². The van der Waals surface area contributed by atoms with Crippen LogP contribution < -0.4 is 5.32 Å². The summed E-state index contributed by atoms with van der Waals surface area (Å²) >= 11 is 0. The van der Waals surface area contributed by atoms with Crippen molar-refractivity contribution < 1.29 is 28.6 Å². The largest absolute Gasteiger partial charge is 0.462 e. The Morgan fingerprint density at radius 3 is 1.98 bits per heavy atom. The van der Waals surface area contributed by atoms with Crippen LogP contribution in [0, 0.1) is 53.3 Å². The van der Waals surface area contributed by atoms with Crippen LogP contribution in [-0.2, 0) is 28.6 Å². The van der Waals surface area contributed by atoms with Crippen LogP contribution in [0.25, 0.3) is 0 Å². The topological polar surface area (TPSA) is 94.2 Å². The first-order valence-electron chi connectivity index (χ1n) is 15.1. The number of rotatable bonds is 10. The van der Waals surface area contributed by atoms with Crippen molar-refractivity contribution in [3.05, 3.63) is 38.0 Å². The summed E-state index contributed by atoms with van der Waals surface area (Å²) in [6, 6.07) is -0.461. The summed E-state index contributed by atoms with van der Waals surface area (Å²) in [6.07, 6.45) is 11.6. The highest BCUT2D eigenvalue weighted by molar-refractivity contribution is 5.81. The van der Waals surface area contributed by atoms with E-state index in [1.54, 1.807) is 0 Å². The Balaban J connectivity index is 1.54. The minimum atomic E-state index is -0.499. The van der Waals surface area contributed by atoms with E-state index in [-0.39, 0.29) is 37.4 Å². The van der Waals surface area contributed by atoms with Crippen LogP contribution in [0.15, 0.2) is 38.0 Å². The van der Waals surface area contributed by atoms with Gasteiger partial charge in [-0.05, 0) is 63.8 Å². The molecule has 3 aliphatic rings. The van der Waals surface area contributed by atoms with Crippen LogP contribution in [0.2, 0.25) is 0 Å². The van der Waals surface area contributed by atoms with Gasteiger partial charge in [-0.3, -0.25) is 10.2 Å². The van der Waals surface area contributed by atoms with Crippen molar-refractivity contribution in [1.82, 2.24) is 10.2 Å². The van der Waals surface area contributed by atoms with Gasteiger partial charge in [-0.1, -0.05) is 56.8 Å². The predicted octanol–water partition coefficient (Wildman–Crippen LogP) is 4.03. The molecule has 0 bridgehead atoms. The molecule has 6 atom stereocenters. The highest BCUT2D eigenvalue weighted by atomic mass is 16.5. The van der Waals surface area contributed by atoms with Gasteiger partial charge < -0.3 is 14.2 Å². The number of esters is 3. The number of likely N-dealkylation sites (N-methyl/N-ethyl adjacent to an activating group) is 1. The lowest BCUT2D eigenvalue weighted by molar-refractivity contribution is -0.141. The molecule has 3 rings (SSSR count). The van der Waals surface area contributed by atoms with Gasteiger partial charge in [0, 0.05) is 36.0 Å². The fourth-order valence-electron chi connectivity index (χ4n) is 6.09. The summed E-state index contributed by atoms with van der Waals surface area (Å²) in [7, 11) is 1.93. The number of hydrogen-bond acceptors (Lipinski definition) is 8.